The van der Waals surface area contributed by atoms with Crippen molar-refractivity contribution in [3.63, 3.8) is 0 Å². The van der Waals surface area contributed by atoms with Crippen LogP contribution < -0.4 is 0 Å². The second-order valence-corrected chi connectivity index (χ2v) is 0. The Labute approximate surface area is 73.3 Å². The topological polar surface area (TPSA) is 0 Å². The van der Waals surface area contributed by atoms with Crippen molar-refractivity contribution in [2.75, 3.05) is 0 Å². The summed E-state index contributed by atoms with van der Waals surface area (Å²) >= 11 is 0. The molecular formula is Al2CuSi2. The van der Waals surface area contributed by atoms with Gasteiger partial charge in [-0.1, -0.05) is 0 Å². The Morgan fingerprint density at radius 3 is 0.600 bits per heavy atom. The summed E-state index contributed by atoms with van der Waals surface area (Å²) in [5, 5.41) is 0. The van der Waals surface area contributed by atoms with E-state index in [1.165, 1.54) is 0 Å². The third-order valence-corrected chi connectivity index (χ3v) is 0. The molecule has 0 amide bonds. The van der Waals surface area contributed by atoms with Crippen LogP contribution in [0.15, 0.2) is 0 Å². The number of hydrogen-bond donors (Lipinski definition) is 0. The van der Waals surface area contributed by atoms with Gasteiger partial charge < -0.3 is 0 Å². The van der Waals surface area contributed by atoms with Gasteiger partial charge in [0.1, 0.15) is 0 Å². The standard InChI is InChI=1S/2Al.Cu.2Si. The third-order valence-electron chi connectivity index (χ3n) is 0. The van der Waals surface area contributed by atoms with Gasteiger partial charge in [0.2, 0.25) is 0 Å². The molecule has 0 heterocycles. The van der Waals surface area contributed by atoms with E-state index < -0.39 is 0 Å². The quantitative estimate of drug-likeness (QED) is 0.391. The van der Waals surface area contributed by atoms with Crippen molar-refractivity contribution in [1.29, 1.82) is 0 Å². The van der Waals surface area contributed by atoms with Crippen LogP contribution in [-0.2, 0) is 17.1 Å². The first kappa shape index (κ1) is 62.4. The fraction of sp³-hybridized carbons (Fsp3) is 0. The smallest absolute Gasteiger partial charge is 0 e. The third kappa shape index (κ3) is 23.9. The van der Waals surface area contributed by atoms with Crippen LogP contribution in [0.3, 0.4) is 0 Å². The van der Waals surface area contributed by atoms with E-state index in [1.54, 1.807) is 0 Å². The van der Waals surface area contributed by atoms with Crippen molar-refractivity contribution >= 4 is 56.7 Å². The van der Waals surface area contributed by atoms with Gasteiger partial charge >= 0.3 is 0 Å². The first-order valence-electron chi connectivity index (χ1n) is 0. The van der Waals surface area contributed by atoms with Crippen LogP contribution in [0, 0.1) is 0 Å². The van der Waals surface area contributed by atoms with E-state index in [1.807, 2.05) is 0 Å². The molecule has 0 saturated heterocycles. The molecule has 0 N–H and O–H groups in total. The maximum absolute atomic E-state index is 0. The predicted molar refractivity (Wildman–Crippen MR) is 23.0 cm³/mol. The van der Waals surface area contributed by atoms with Gasteiger partial charge in [-0.2, -0.15) is 0 Å². The van der Waals surface area contributed by atoms with Crippen LogP contribution in [0.2, 0.25) is 0 Å². The van der Waals surface area contributed by atoms with Gasteiger partial charge in [0.05, 0.1) is 0 Å². The normalized spacial score (nSPS) is 0. The monoisotopic (exact) mass is 173 g/mol. The fourth-order valence-corrected chi connectivity index (χ4v) is 0. The maximum atomic E-state index is 0. The average Bonchev–Trinajstić information content (AvgIpc) is 0. The van der Waals surface area contributed by atoms with E-state index in [4.69, 9.17) is 0 Å². The van der Waals surface area contributed by atoms with Crippen molar-refractivity contribution in [1.82, 2.24) is 0 Å². The first-order valence-corrected chi connectivity index (χ1v) is 0. The summed E-state index contributed by atoms with van der Waals surface area (Å²) in [6.45, 7) is 0. The Balaban J connectivity index is 0. The van der Waals surface area contributed by atoms with Crippen molar-refractivity contribution in [3.05, 3.63) is 0 Å². The van der Waals surface area contributed by atoms with Crippen molar-refractivity contribution in [3.8, 4) is 0 Å². The minimum Gasteiger partial charge on any atom is 0 e. The average molecular weight is 174 g/mol. The summed E-state index contributed by atoms with van der Waals surface area (Å²) in [6.07, 6.45) is 0. The summed E-state index contributed by atoms with van der Waals surface area (Å²) in [4.78, 5) is 0. The molecule has 0 rings (SSSR count). The Kier molecular flexibility index (Phi) is 464. The molecule has 25 valence electrons. The second-order valence-electron chi connectivity index (χ2n) is 0. The van der Waals surface area contributed by atoms with Gasteiger partial charge in [0.25, 0.3) is 0 Å². The van der Waals surface area contributed by atoms with Crippen molar-refractivity contribution in [2.24, 2.45) is 0 Å². The van der Waals surface area contributed by atoms with Gasteiger partial charge in [-0.15, -0.1) is 0 Å². The van der Waals surface area contributed by atoms with Crippen LogP contribution in [0.5, 0.6) is 0 Å². The first-order chi connectivity index (χ1) is 0. The molecule has 0 fully saturated rings. The molecule has 0 unspecified atom stereocenters. The molecule has 5 heteroatoms. The molecule has 0 aromatic carbocycles. The maximum Gasteiger partial charge on any atom is 0 e. The molecule has 0 spiro atoms. The van der Waals surface area contributed by atoms with E-state index in [2.05, 4.69) is 0 Å². The van der Waals surface area contributed by atoms with Gasteiger partial charge in [-0.3, -0.25) is 0 Å². The zero-order chi connectivity index (χ0) is 0. The Morgan fingerprint density at radius 2 is 0.600 bits per heavy atom. The molecule has 0 aliphatic heterocycles. The molecule has 0 atom stereocenters. The van der Waals surface area contributed by atoms with E-state index in [0.717, 1.165) is 0 Å². The van der Waals surface area contributed by atoms with Crippen LogP contribution in [0.25, 0.3) is 0 Å². The molecular weight excluding hydrogens is 174 g/mol. The van der Waals surface area contributed by atoms with Crippen molar-refractivity contribution in [2.45, 2.75) is 0 Å². The van der Waals surface area contributed by atoms with Gasteiger partial charge in [-0.05, 0) is 0 Å². The molecule has 5 heavy (non-hydrogen) atoms. The van der Waals surface area contributed by atoms with Crippen molar-refractivity contribution < 1.29 is 17.1 Å². The van der Waals surface area contributed by atoms with E-state index >= 15 is 0 Å². The summed E-state index contributed by atoms with van der Waals surface area (Å²) in [5.74, 6) is 0. The number of rotatable bonds is 0. The van der Waals surface area contributed by atoms with E-state index in [9.17, 15) is 0 Å². The molecule has 0 nitrogen and oxygen atoms in total. The molecule has 0 bridgehead atoms. The van der Waals surface area contributed by atoms with Crippen LogP contribution in [0.1, 0.15) is 0 Å². The van der Waals surface area contributed by atoms with Crippen LogP contribution in [0.4, 0.5) is 0 Å². The zero-order valence-corrected chi connectivity index (χ0v) is 7.71. The van der Waals surface area contributed by atoms with Crippen LogP contribution in [-0.4, -0.2) is 56.7 Å². The summed E-state index contributed by atoms with van der Waals surface area (Å²) in [5.41, 5.74) is 0. The van der Waals surface area contributed by atoms with Crippen LogP contribution >= 0.6 is 0 Å². The molecule has 0 aromatic rings. The summed E-state index contributed by atoms with van der Waals surface area (Å²) in [7, 11) is 0. The minimum absolute atomic E-state index is 0. The summed E-state index contributed by atoms with van der Waals surface area (Å²) in [6, 6.07) is 0. The largest absolute Gasteiger partial charge is 0 e. The van der Waals surface area contributed by atoms with Gasteiger partial charge in [0.15, 0.2) is 0 Å². The minimum atomic E-state index is 0. The van der Waals surface area contributed by atoms with Gasteiger partial charge in [-0.25, -0.2) is 0 Å². The molecule has 0 saturated carbocycles. The second kappa shape index (κ2) is 37.2. The Bertz CT molecular complexity index is 7.61. The molecule has 0 aromatic heterocycles. The molecule has 0 aliphatic carbocycles. The van der Waals surface area contributed by atoms with Gasteiger partial charge in [0, 0.05) is 73.7 Å². The Morgan fingerprint density at radius 1 is 0.600 bits per heavy atom. The van der Waals surface area contributed by atoms with E-state index in [0.29, 0.717) is 0 Å². The summed E-state index contributed by atoms with van der Waals surface area (Å²) < 4.78 is 0. The molecule has 0 aliphatic rings. The fourth-order valence-electron chi connectivity index (χ4n) is 0. The van der Waals surface area contributed by atoms with E-state index in [-0.39, 0.29) is 73.7 Å². The number of hydrogen-bond acceptors (Lipinski definition) is 0. The molecule has 15 radical (unpaired) electrons. The predicted octanol–water partition coefficient (Wildman–Crippen LogP) is -1.53. The SMILES string of the molecule is [Al].[Al].[Cu].[Si].[Si]. The Hall–Kier alpha value is 2.02. The zero-order valence-electron chi connectivity index (χ0n) is 2.46.